The Morgan fingerprint density at radius 2 is 1.75 bits per heavy atom. The van der Waals surface area contributed by atoms with Gasteiger partial charge in [0.2, 0.25) is 0 Å². The van der Waals surface area contributed by atoms with Gasteiger partial charge in [-0.3, -0.25) is 9.89 Å². The quantitative estimate of drug-likeness (QED) is 0.358. The number of guanidine groups is 1. The summed E-state index contributed by atoms with van der Waals surface area (Å²) in [5.41, 5.74) is 1.12. The molecule has 1 fully saturated rings. The van der Waals surface area contributed by atoms with Crippen molar-refractivity contribution in [3.05, 3.63) is 23.8 Å². The standard InChI is InChI=1S/C18H27F3N4O2.HI/c1-22-17(23-7-6-18(19,20)21)25-10-8-24(9-11-25)13-14-4-5-15(26-2)16(12-14)27-3;/h4-5,12H,6-11,13H2,1-3H3,(H,22,23);1H. The Labute approximate surface area is 181 Å². The largest absolute Gasteiger partial charge is 0.493 e. The van der Waals surface area contributed by atoms with Crippen molar-refractivity contribution in [2.45, 2.75) is 19.1 Å². The third-order valence-electron chi connectivity index (χ3n) is 4.43. The molecule has 0 amide bonds. The van der Waals surface area contributed by atoms with Crippen molar-refractivity contribution in [2.24, 2.45) is 4.99 Å². The summed E-state index contributed by atoms with van der Waals surface area (Å²) < 4.78 is 47.5. The van der Waals surface area contributed by atoms with Crippen LogP contribution in [0, 0.1) is 0 Å². The van der Waals surface area contributed by atoms with Crippen molar-refractivity contribution in [3.8, 4) is 11.5 Å². The number of piperazine rings is 1. The van der Waals surface area contributed by atoms with Crippen LogP contribution in [0.15, 0.2) is 23.2 Å². The minimum Gasteiger partial charge on any atom is -0.493 e. The van der Waals surface area contributed by atoms with Crippen molar-refractivity contribution in [3.63, 3.8) is 0 Å². The smallest absolute Gasteiger partial charge is 0.390 e. The number of ether oxygens (including phenoxy) is 2. The number of alkyl halides is 3. The molecule has 1 saturated heterocycles. The summed E-state index contributed by atoms with van der Waals surface area (Å²) >= 11 is 0. The first-order valence-corrected chi connectivity index (χ1v) is 8.82. The van der Waals surface area contributed by atoms with Crippen LogP contribution < -0.4 is 14.8 Å². The van der Waals surface area contributed by atoms with Gasteiger partial charge in [-0.15, -0.1) is 24.0 Å². The number of benzene rings is 1. The first-order chi connectivity index (χ1) is 12.9. The molecular weight excluding hydrogens is 488 g/mol. The zero-order valence-electron chi connectivity index (χ0n) is 16.4. The van der Waals surface area contributed by atoms with E-state index in [0.717, 1.165) is 25.2 Å². The summed E-state index contributed by atoms with van der Waals surface area (Å²) in [5.74, 6) is 1.91. The minimum absolute atomic E-state index is 0. The van der Waals surface area contributed by atoms with Crippen LogP contribution in [0.5, 0.6) is 11.5 Å². The fourth-order valence-electron chi connectivity index (χ4n) is 3.00. The lowest BCUT2D eigenvalue weighted by atomic mass is 10.1. The van der Waals surface area contributed by atoms with Gasteiger partial charge in [-0.1, -0.05) is 6.07 Å². The molecule has 10 heteroatoms. The zero-order chi connectivity index (χ0) is 19.9. The highest BCUT2D eigenvalue weighted by Gasteiger charge is 2.27. The van der Waals surface area contributed by atoms with Gasteiger partial charge in [0.05, 0.1) is 20.6 Å². The molecule has 6 nitrogen and oxygen atoms in total. The van der Waals surface area contributed by atoms with Gasteiger partial charge < -0.3 is 19.7 Å². The highest BCUT2D eigenvalue weighted by molar-refractivity contribution is 14.0. The fraction of sp³-hybridized carbons (Fsp3) is 0.611. The van der Waals surface area contributed by atoms with Gasteiger partial charge in [-0.25, -0.2) is 0 Å². The topological polar surface area (TPSA) is 49.3 Å². The predicted octanol–water partition coefficient (Wildman–Crippen LogP) is 2.97. The van der Waals surface area contributed by atoms with Crippen LogP contribution in [-0.4, -0.2) is 75.9 Å². The van der Waals surface area contributed by atoms with Gasteiger partial charge in [0.25, 0.3) is 0 Å². The second-order valence-electron chi connectivity index (χ2n) is 6.29. The van der Waals surface area contributed by atoms with Crippen LogP contribution in [0.2, 0.25) is 0 Å². The van der Waals surface area contributed by atoms with Gasteiger partial charge in [0, 0.05) is 46.3 Å². The summed E-state index contributed by atoms with van der Waals surface area (Å²) in [6.45, 7) is 3.62. The van der Waals surface area contributed by atoms with Crippen LogP contribution in [0.1, 0.15) is 12.0 Å². The molecule has 1 aromatic rings. The maximum atomic E-state index is 12.3. The number of hydrogen-bond acceptors (Lipinski definition) is 4. The van der Waals surface area contributed by atoms with Crippen molar-refractivity contribution < 1.29 is 22.6 Å². The SMILES string of the molecule is CN=C(NCCC(F)(F)F)N1CCN(Cc2ccc(OC)c(OC)c2)CC1.I. The van der Waals surface area contributed by atoms with Gasteiger partial charge >= 0.3 is 6.18 Å². The highest BCUT2D eigenvalue weighted by atomic mass is 127. The van der Waals surface area contributed by atoms with E-state index in [1.807, 2.05) is 23.1 Å². The van der Waals surface area contributed by atoms with Crippen molar-refractivity contribution >= 4 is 29.9 Å². The Morgan fingerprint density at radius 3 is 2.29 bits per heavy atom. The van der Waals surface area contributed by atoms with Crippen LogP contribution in [0.4, 0.5) is 13.2 Å². The van der Waals surface area contributed by atoms with Gasteiger partial charge in [-0.2, -0.15) is 13.2 Å². The Kier molecular flexibility index (Phi) is 10.1. The minimum atomic E-state index is -4.16. The van der Waals surface area contributed by atoms with E-state index in [2.05, 4.69) is 15.2 Å². The summed E-state index contributed by atoms with van der Waals surface area (Å²) in [4.78, 5) is 8.38. The molecule has 1 aromatic carbocycles. The molecule has 0 aliphatic carbocycles. The first kappa shape index (κ1) is 24.6. The molecule has 0 atom stereocenters. The number of nitrogens with one attached hydrogen (secondary N) is 1. The lowest BCUT2D eigenvalue weighted by Gasteiger charge is -2.36. The number of hydrogen-bond donors (Lipinski definition) is 1. The number of rotatable bonds is 6. The van der Waals surface area contributed by atoms with E-state index in [0.29, 0.717) is 30.5 Å². The van der Waals surface area contributed by atoms with E-state index in [-0.39, 0.29) is 30.5 Å². The third kappa shape index (κ3) is 7.53. The van der Waals surface area contributed by atoms with E-state index < -0.39 is 12.6 Å². The lowest BCUT2D eigenvalue weighted by molar-refractivity contribution is -0.132. The molecule has 0 bridgehead atoms. The molecular formula is C18H28F3IN4O2. The van der Waals surface area contributed by atoms with Crippen LogP contribution in [0.3, 0.4) is 0 Å². The monoisotopic (exact) mass is 516 g/mol. The summed E-state index contributed by atoms with van der Waals surface area (Å²) in [7, 11) is 4.80. The van der Waals surface area contributed by atoms with Crippen LogP contribution in [-0.2, 0) is 6.54 Å². The van der Waals surface area contributed by atoms with Gasteiger partial charge in [0.15, 0.2) is 17.5 Å². The Hall–Kier alpha value is -1.43. The molecule has 0 aromatic heterocycles. The Bertz CT molecular complexity index is 636. The van der Waals surface area contributed by atoms with E-state index in [9.17, 15) is 13.2 Å². The third-order valence-corrected chi connectivity index (χ3v) is 4.43. The summed E-state index contributed by atoms with van der Waals surface area (Å²) in [6, 6.07) is 5.85. The fourth-order valence-corrected chi connectivity index (χ4v) is 3.00. The second-order valence-corrected chi connectivity index (χ2v) is 6.29. The molecule has 1 N–H and O–H groups in total. The average Bonchev–Trinajstić information content (AvgIpc) is 2.65. The molecule has 28 heavy (non-hydrogen) atoms. The molecule has 0 unspecified atom stereocenters. The molecule has 0 spiro atoms. The molecule has 1 aliphatic rings. The molecule has 2 rings (SSSR count). The number of aliphatic imine (C=N–C) groups is 1. The predicted molar refractivity (Wildman–Crippen MR) is 114 cm³/mol. The summed E-state index contributed by atoms with van der Waals surface area (Å²) in [6.07, 6.45) is -5.03. The molecule has 160 valence electrons. The second kappa shape index (κ2) is 11.5. The van der Waals surface area contributed by atoms with Gasteiger partial charge in [0.1, 0.15) is 0 Å². The van der Waals surface area contributed by atoms with Crippen molar-refractivity contribution in [1.82, 2.24) is 15.1 Å². The number of methoxy groups -OCH3 is 2. The molecule has 1 heterocycles. The van der Waals surface area contributed by atoms with Crippen molar-refractivity contribution in [2.75, 3.05) is 54.0 Å². The van der Waals surface area contributed by atoms with Crippen LogP contribution >= 0.6 is 24.0 Å². The number of halogens is 4. The Balaban J connectivity index is 0.00000392. The first-order valence-electron chi connectivity index (χ1n) is 8.82. The number of nitrogens with zero attached hydrogens (tertiary/aromatic N) is 3. The van der Waals surface area contributed by atoms with Crippen molar-refractivity contribution in [1.29, 1.82) is 0 Å². The maximum Gasteiger partial charge on any atom is 0.390 e. The Morgan fingerprint density at radius 1 is 1.11 bits per heavy atom. The molecule has 0 saturated carbocycles. The molecule has 0 radical (unpaired) electrons. The molecule has 1 aliphatic heterocycles. The van der Waals surface area contributed by atoms with Crippen LogP contribution in [0.25, 0.3) is 0 Å². The normalized spacial score (nSPS) is 15.8. The average molecular weight is 516 g/mol. The highest BCUT2D eigenvalue weighted by Crippen LogP contribution is 2.28. The summed E-state index contributed by atoms with van der Waals surface area (Å²) in [5, 5.41) is 2.79. The van der Waals surface area contributed by atoms with E-state index in [1.54, 1.807) is 21.3 Å². The maximum absolute atomic E-state index is 12.3. The van der Waals surface area contributed by atoms with E-state index in [1.165, 1.54) is 0 Å². The van der Waals surface area contributed by atoms with Gasteiger partial charge in [-0.05, 0) is 17.7 Å². The zero-order valence-corrected chi connectivity index (χ0v) is 18.7. The lowest BCUT2D eigenvalue weighted by Crippen LogP contribution is -2.52. The van der Waals surface area contributed by atoms with E-state index >= 15 is 0 Å². The van der Waals surface area contributed by atoms with E-state index in [4.69, 9.17) is 9.47 Å².